The summed E-state index contributed by atoms with van der Waals surface area (Å²) in [4.78, 5) is 14.8. The van der Waals surface area contributed by atoms with Crippen molar-refractivity contribution in [1.29, 1.82) is 0 Å². The Morgan fingerprint density at radius 2 is 2.04 bits per heavy atom. The third-order valence-corrected chi connectivity index (χ3v) is 4.91. The molecule has 2 aliphatic rings. The number of hydrogen-bond donors (Lipinski definition) is 2. The van der Waals surface area contributed by atoms with Crippen LogP contribution in [0.3, 0.4) is 0 Å². The number of hydrogen-bond acceptors (Lipinski definition) is 4. The van der Waals surface area contributed by atoms with Crippen molar-refractivity contribution in [3.63, 3.8) is 0 Å². The summed E-state index contributed by atoms with van der Waals surface area (Å²) < 4.78 is 5.42. The standard InChI is InChI=1S/C18H26N2O3/c21-12-14-7-9-20(10-8-14)17-6-2-1-5-16(17)19-18(22)15-4-3-11-23-13-15/h1-2,5-6,14-15,21H,3-4,7-13H2,(H,19,22). The van der Waals surface area contributed by atoms with Crippen molar-refractivity contribution >= 4 is 17.3 Å². The largest absolute Gasteiger partial charge is 0.396 e. The van der Waals surface area contributed by atoms with E-state index in [9.17, 15) is 9.90 Å². The number of aliphatic hydroxyl groups is 1. The average molecular weight is 318 g/mol. The van der Waals surface area contributed by atoms with Gasteiger partial charge in [-0.1, -0.05) is 12.1 Å². The van der Waals surface area contributed by atoms with Crippen molar-refractivity contribution < 1.29 is 14.6 Å². The van der Waals surface area contributed by atoms with Crippen LogP contribution in [0.2, 0.25) is 0 Å². The zero-order valence-electron chi connectivity index (χ0n) is 13.5. The van der Waals surface area contributed by atoms with E-state index in [0.29, 0.717) is 12.5 Å². The normalized spacial score (nSPS) is 22.8. The van der Waals surface area contributed by atoms with Crippen LogP contribution in [0.5, 0.6) is 0 Å². The predicted octanol–water partition coefficient (Wildman–Crippen LogP) is 2.26. The topological polar surface area (TPSA) is 61.8 Å². The second kappa shape index (κ2) is 7.79. The zero-order chi connectivity index (χ0) is 16.1. The predicted molar refractivity (Wildman–Crippen MR) is 90.6 cm³/mol. The number of nitrogens with one attached hydrogen (secondary N) is 1. The summed E-state index contributed by atoms with van der Waals surface area (Å²) in [6, 6.07) is 7.99. The molecule has 0 bridgehead atoms. The van der Waals surface area contributed by atoms with Crippen LogP contribution in [0.1, 0.15) is 25.7 Å². The smallest absolute Gasteiger partial charge is 0.229 e. The van der Waals surface area contributed by atoms with E-state index in [1.165, 1.54) is 0 Å². The van der Waals surface area contributed by atoms with E-state index in [2.05, 4.69) is 16.3 Å². The van der Waals surface area contributed by atoms with Gasteiger partial charge >= 0.3 is 0 Å². The van der Waals surface area contributed by atoms with Gasteiger partial charge in [0.25, 0.3) is 0 Å². The Kier molecular flexibility index (Phi) is 5.51. The Hall–Kier alpha value is -1.59. The lowest BCUT2D eigenvalue weighted by Gasteiger charge is -2.34. The van der Waals surface area contributed by atoms with Crippen LogP contribution in [-0.4, -0.2) is 43.9 Å². The van der Waals surface area contributed by atoms with Gasteiger partial charge in [-0.15, -0.1) is 0 Å². The fourth-order valence-corrected chi connectivity index (χ4v) is 3.39. The van der Waals surface area contributed by atoms with Gasteiger partial charge in [0.15, 0.2) is 0 Å². The van der Waals surface area contributed by atoms with Gasteiger partial charge in [0, 0.05) is 26.3 Å². The summed E-state index contributed by atoms with van der Waals surface area (Å²) in [6.45, 7) is 3.40. The number of anilines is 2. The molecule has 1 unspecified atom stereocenters. The lowest BCUT2D eigenvalue weighted by atomic mass is 9.97. The van der Waals surface area contributed by atoms with E-state index in [1.807, 2.05) is 18.2 Å². The van der Waals surface area contributed by atoms with Crippen molar-refractivity contribution in [1.82, 2.24) is 0 Å². The first-order valence-corrected chi connectivity index (χ1v) is 8.61. The Morgan fingerprint density at radius 3 is 2.74 bits per heavy atom. The van der Waals surface area contributed by atoms with Gasteiger partial charge in [0.2, 0.25) is 5.91 Å². The molecule has 1 atom stereocenters. The molecular weight excluding hydrogens is 292 g/mol. The van der Waals surface area contributed by atoms with Gasteiger partial charge in [-0.05, 0) is 43.7 Å². The van der Waals surface area contributed by atoms with Crippen LogP contribution in [0, 0.1) is 11.8 Å². The first-order chi connectivity index (χ1) is 11.3. The maximum absolute atomic E-state index is 12.5. The summed E-state index contributed by atoms with van der Waals surface area (Å²) in [5.41, 5.74) is 1.96. The molecule has 3 rings (SSSR count). The van der Waals surface area contributed by atoms with Gasteiger partial charge in [-0.25, -0.2) is 0 Å². The minimum Gasteiger partial charge on any atom is -0.396 e. The summed E-state index contributed by atoms with van der Waals surface area (Å²) >= 11 is 0. The molecule has 23 heavy (non-hydrogen) atoms. The molecule has 2 saturated heterocycles. The van der Waals surface area contributed by atoms with Gasteiger partial charge < -0.3 is 20.1 Å². The molecule has 0 aliphatic carbocycles. The zero-order valence-corrected chi connectivity index (χ0v) is 13.5. The third-order valence-electron chi connectivity index (χ3n) is 4.91. The molecule has 0 radical (unpaired) electrons. The van der Waals surface area contributed by atoms with E-state index in [4.69, 9.17) is 4.74 Å². The highest BCUT2D eigenvalue weighted by Gasteiger charge is 2.24. The molecule has 2 aliphatic heterocycles. The van der Waals surface area contributed by atoms with Crippen molar-refractivity contribution in [3.8, 4) is 0 Å². The Labute approximate surface area is 137 Å². The number of ether oxygens (including phenoxy) is 1. The van der Waals surface area contributed by atoms with Crippen LogP contribution in [0.4, 0.5) is 11.4 Å². The highest BCUT2D eigenvalue weighted by atomic mass is 16.5. The van der Waals surface area contributed by atoms with Gasteiger partial charge in [-0.2, -0.15) is 0 Å². The van der Waals surface area contributed by atoms with Gasteiger partial charge in [0.1, 0.15) is 0 Å². The van der Waals surface area contributed by atoms with Crippen molar-refractivity contribution in [2.75, 3.05) is 43.1 Å². The van der Waals surface area contributed by atoms with E-state index in [1.54, 1.807) is 0 Å². The van der Waals surface area contributed by atoms with E-state index >= 15 is 0 Å². The number of carbonyl (C=O) groups excluding carboxylic acids is 1. The van der Waals surface area contributed by atoms with Crippen LogP contribution in [0.25, 0.3) is 0 Å². The molecule has 2 heterocycles. The number of para-hydroxylation sites is 2. The number of piperidine rings is 1. The number of benzene rings is 1. The van der Waals surface area contributed by atoms with E-state index in [-0.39, 0.29) is 18.4 Å². The third kappa shape index (κ3) is 4.03. The van der Waals surface area contributed by atoms with Crippen LogP contribution in [-0.2, 0) is 9.53 Å². The maximum Gasteiger partial charge on any atom is 0.229 e. The second-order valence-electron chi connectivity index (χ2n) is 6.53. The first kappa shape index (κ1) is 16.3. The molecule has 126 valence electrons. The fraction of sp³-hybridized carbons (Fsp3) is 0.611. The van der Waals surface area contributed by atoms with Crippen LogP contribution in [0.15, 0.2) is 24.3 Å². The molecule has 1 amide bonds. The summed E-state index contributed by atoms with van der Waals surface area (Å²) in [5, 5.41) is 12.4. The van der Waals surface area contributed by atoms with Gasteiger partial charge in [0.05, 0.1) is 23.9 Å². The second-order valence-corrected chi connectivity index (χ2v) is 6.53. The molecule has 2 fully saturated rings. The Bertz CT molecular complexity index is 521. The number of carbonyl (C=O) groups is 1. The summed E-state index contributed by atoms with van der Waals surface area (Å²) in [5.74, 6) is 0.423. The SMILES string of the molecule is O=C(Nc1ccccc1N1CCC(CO)CC1)C1CCCOC1. The lowest BCUT2D eigenvalue weighted by Crippen LogP contribution is -2.36. The molecular formula is C18H26N2O3. The van der Waals surface area contributed by atoms with Gasteiger partial charge in [-0.3, -0.25) is 4.79 Å². The lowest BCUT2D eigenvalue weighted by molar-refractivity contribution is -0.123. The minimum absolute atomic E-state index is 0.0445. The van der Waals surface area contributed by atoms with Crippen LogP contribution < -0.4 is 10.2 Å². The highest BCUT2D eigenvalue weighted by Crippen LogP contribution is 2.30. The quantitative estimate of drug-likeness (QED) is 0.894. The minimum atomic E-state index is -0.0445. The highest BCUT2D eigenvalue weighted by molar-refractivity contribution is 5.96. The molecule has 5 nitrogen and oxygen atoms in total. The maximum atomic E-state index is 12.5. The first-order valence-electron chi connectivity index (χ1n) is 8.61. The summed E-state index contributed by atoms with van der Waals surface area (Å²) in [6.07, 6.45) is 3.84. The fourth-order valence-electron chi connectivity index (χ4n) is 3.39. The molecule has 1 aromatic rings. The van der Waals surface area contributed by atoms with Crippen molar-refractivity contribution in [2.24, 2.45) is 11.8 Å². The van der Waals surface area contributed by atoms with Crippen molar-refractivity contribution in [3.05, 3.63) is 24.3 Å². The number of nitrogens with zero attached hydrogens (tertiary/aromatic N) is 1. The molecule has 1 aromatic carbocycles. The molecule has 0 spiro atoms. The van der Waals surface area contributed by atoms with E-state index in [0.717, 1.165) is 56.8 Å². The molecule has 2 N–H and O–H groups in total. The number of rotatable bonds is 4. The summed E-state index contributed by atoms with van der Waals surface area (Å²) in [7, 11) is 0. The number of amides is 1. The Balaban J connectivity index is 1.67. The Morgan fingerprint density at radius 1 is 1.26 bits per heavy atom. The van der Waals surface area contributed by atoms with E-state index < -0.39 is 0 Å². The number of aliphatic hydroxyl groups excluding tert-OH is 1. The monoisotopic (exact) mass is 318 g/mol. The van der Waals surface area contributed by atoms with Crippen molar-refractivity contribution in [2.45, 2.75) is 25.7 Å². The molecule has 5 heteroatoms. The molecule has 0 aromatic heterocycles. The average Bonchev–Trinajstić information content (AvgIpc) is 2.63. The molecule has 0 saturated carbocycles. The van der Waals surface area contributed by atoms with Crippen LogP contribution >= 0.6 is 0 Å².